The summed E-state index contributed by atoms with van der Waals surface area (Å²) >= 11 is 2.10. The van der Waals surface area contributed by atoms with Crippen molar-refractivity contribution in [3.05, 3.63) is 0 Å². The summed E-state index contributed by atoms with van der Waals surface area (Å²) in [5.41, 5.74) is 0. The molecule has 84 valence electrons. The fourth-order valence-corrected chi connectivity index (χ4v) is 4.66. The van der Waals surface area contributed by atoms with Crippen molar-refractivity contribution in [2.75, 3.05) is 18.1 Å². The summed E-state index contributed by atoms with van der Waals surface area (Å²) in [7, 11) is 0. The van der Waals surface area contributed by atoms with Crippen molar-refractivity contribution in [2.45, 2.75) is 44.2 Å². The number of hydrogen-bond acceptors (Lipinski definition) is 3. The van der Waals surface area contributed by atoms with Crippen LogP contribution in [0.3, 0.4) is 0 Å². The van der Waals surface area contributed by atoms with Gasteiger partial charge in [0.25, 0.3) is 0 Å². The summed E-state index contributed by atoms with van der Waals surface area (Å²) in [5.74, 6) is 4.13. The van der Waals surface area contributed by atoms with Gasteiger partial charge in [-0.15, -0.1) is 0 Å². The lowest BCUT2D eigenvalue weighted by atomic mass is 9.99. The second kappa shape index (κ2) is 4.10. The second-order valence-electron chi connectivity index (χ2n) is 5.26. The molecule has 0 aliphatic carbocycles. The average molecular weight is 225 g/mol. The minimum atomic E-state index is 0.513. The Morgan fingerprint density at radius 2 is 1.93 bits per heavy atom. The van der Waals surface area contributed by atoms with Crippen LogP contribution in [0.4, 0.5) is 0 Å². The zero-order valence-corrected chi connectivity index (χ0v) is 9.97. The van der Waals surface area contributed by atoms with E-state index in [0.717, 1.165) is 18.8 Å². The van der Waals surface area contributed by atoms with Gasteiger partial charge in [-0.05, 0) is 36.7 Å². The monoisotopic (exact) mass is 225 g/mol. The number of rotatable bonds is 2. The highest BCUT2D eigenvalue weighted by Gasteiger charge is 2.40. The molecule has 3 heterocycles. The van der Waals surface area contributed by atoms with Crippen molar-refractivity contribution in [2.24, 2.45) is 5.92 Å². The first-order valence-electron chi connectivity index (χ1n) is 6.18. The molecule has 15 heavy (non-hydrogen) atoms. The zero-order chi connectivity index (χ0) is 10.3. The number of thioether (sulfide) groups is 1. The molecule has 0 spiro atoms. The van der Waals surface area contributed by atoms with Crippen LogP contribution < -0.4 is 0 Å². The molecule has 3 heteroatoms. The summed E-state index contributed by atoms with van der Waals surface area (Å²) in [6, 6.07) is 1.23. The molecule has 3 atom stereocenters. The first-order valence-corrected chi connectivity index (χ1v) is 7.33. The van der Waals surface area contributed by atoms with Crippen molar-refractivity contribution < 1.29 is 4.79 Å². The standard InChI is InChI=1S/C12H19NOS/c14-12-5-10-1-2-11(6-12)13(10)7-9-3-4-15-8-9/h9-11H,1-8H2. The van der Waals surface area contributed by atoms with E-state index in [1.54, 1.807) is 0 Å². The first kappa shape index (κ1) is 10.2. The predicted molar refractivity (Wildman–Crippen MR) is 63.2 cm³/mol. The number of carbonyl (C=O) groups is 1. The average Bonchev–Trinajstić information content (AvgIpc) is 2.77. The number of nitrogens with zero attached hydrogens (tertiary/aromatic N) is 1. The second-order valence-corrected chi connectivity index (χ2v) is 6.41. The number of carbonyl (C=O) groups excluding carboxylic acids is 1. The smallest absolute Gasteiger partial charge is 0.136 e. The molecule has 0 saturated carbocycles. The lowest BCUT2D eigenvalue weighted by Gasteiger charge is -2.35. The summed E-state index contributed by atoms with van der Waals surface area (Å²) in [6.45, 7) is 1.27. The molecule has 3 aliphatic heterocycles. The Balaban J connectivity index is 1.64. The molecule has 3 fully saturated rings. The number of Topliss-reactive ketones (excluding diaryl/α,β-unsaturated/α-hetero) is 1. The Kier molecular flexibility index (Phi) is 2.77. The zero-order valence-electron chi connectivity index (χ0n) is 9.15. The molecular weight excluding hydrogens is 206 g/mol. The van der Waals surface area contributed by atoms with Gasteiger partial charge in [-0.1, -0.05) is 0 Å². The van der Waals surface area contributed by atoms with Crippen LogP contribution in [0.5, 0.6) is 0 Å². The minimum Gasteiger partial charge on any atom is -0.300 e. The first-order chi connectivity index (χ1) is 7.33. The normalized spacial score (nSPS) is 41.3. The van der Waals surface area contributed by atoms with Gasteiger partial charge in [0.2, 0.25) is 0 Å². The predicted octanol–water partition coefficient (Wildman–Crippen LogP) is 1.94. The Morgan fingerprint density at radius 1 is 1.20 bits per heavy atom. The van der Waals surface area contributed by atoms with Gasteiger partial charge in [-0.3, -0.25) is 9.69 Å². The van der Waals surface area contributed by atoms with Gasteiger partial charge in [0, 0.05) is 31.5 Å². The van der Waals surface area contributed by atoms with E-state index >= 15 is 0 Å². The lowest BCUT2D eigenvalue weighted by Crippen LogP contribution is -2.45. The Hall–Kier alpha value is -0.0200. The number of ketones is 1. The van der Waals surface area contributed by atoms with E-state index < -0.39 is 0 Å². The van der Waals surface area contributed by atoms with E-state index in [-0.39, 0.29) is 0 Å². The van der Waals surface area contributed by atoms with Gasteiger partial charge in [0.15, 0.2) is 0 Å². The molecule has 0 aromatic carbocycles. The minimum absolute atomic E-state index is 0.513. The van der Waals surface area contributed by atoms with Gasteiger partial charge in [0.05, 0.1) is 0 Å². The molecule has 3 aliphatic rings. The van der Waals surface area contributed by atoms with Gasteiger partial charge in [0.1, 0.15) is 5.78 Å². The van der Waals surface area contributed by atoms with E-state index in [0.29, 0.717) is 17.9 Å². The summed E-state index contributed by atoms with van der Waals surface area (Å²) in [4.78, 5) is 14.1. The molecule has 0 aromatic rings. The third-order valence-electron chi connectivity index (χ3n) is 4.19. The largest absolute Gasteiger partial charge is 0.300 e. The van der Waals surface area contributed by atoms with Crippen LogP contribution in [0, 0.1) is 5.92 Å². The topological polar surface area (TPSA) is 20.3 Å². The van der Waals surface area contributed by atoms with Gasteiger partial charge in [-0.2, -0.15) is 11.8 Å². The van der Waals surface area contributed by atoms with Crippen LogP contribution >= 0.6 is 11.8 Å². The van der Waals surface area contributed by atoms with Crippen molar-refractivity contribution in [3.63, 3.8) is 0 Å². The van der Waals surface area contributed by atoms with Crippen LogP contribution in [-0.2, 0) is 4.79 Å². The summed E-state index contributed by atoms with van der Waals surface area (Å²) in [6.07, 6.45) is 5.63. The highest BCUT2D eigenvalue weighted by molar-refractivity contribution is 7.99. The van der Waals surface area contributed by atoms with E-state index in [1.165, 1.54) is 37.3 Å². The van der Waals surface area contributed by atoms with Crippen LogP contribution in [0.2, 0.25) is 0 Å². The van der Waals surface area contributed by atoms with E-state index in [1.807, 2.05) is 0 Å². The lowest BCUT2D eigenvalue weighted by molar-refractivity contribution is -0.123. The van der Waals surface area contributed by atoms with Gasteiger partial charge >= 0.3 is 0 Å². The fourth-order valence-electron chi connectivity index (χ4n) is 3.39. The summed E-state index contributed by atoms with van der Waals surface area (Å²) in [5, 5.41) is 0. The Labute approximate surface area is 95.8 Å². The number of fused-ring (bicyclic) bond motifs is 2. The Bertz CT molecular complexity index is 246. The van der Waals surface area contributed by atoms with Crippen LogP contribution in [-0.4, -0.2) is 40.8 Å². The van der Waals surface area contributed by atoms with Crippen molar-refractivity contribution >= 4 is 17.5 Å². The quantitative estimate of drug-likeness (QED) is 0.716. The SMILES string of the molecule is O=C1CC2CCC(C1)N2CC1CCSC1. The molecule has 2 bridgehead atoms. The summed E-state index contributed by atoms with van der Waals surface area (Å²) < 4.78 is 0. The van der Waals surface area contributed by atoms with Crippen LogP contribution in [0.25, 0.3) is 0 Å². The molecule has 0 aromatic heterocycles. The molecule has 3 rings (SSSR count). The third-order valence-corrected chi connectivity index (χ3v) is 5.42. The number of hydrogen-bond donors (Lipinski definition) is 0. The molecule has 0 radical (unpaired) electrons. The molecule has 3 unspecified atom stereocenters. The van der Waals surface area contributed by atoms with Crippen LogP contribution in [0.15, 0.2) is 0 Å². The maximum atomic E-state index is 11.5. The highest BCUT2D eigenvalue weighted by Crippen LogP contribution is 2.36. The van der Waals surface area contributed by atoms with E-state index in [9.17, 15) is 4.79 Å². The maximum Gasteiger partial charge on any atom is 0.136 e. The number of piperidine rings is 1. The van der Waals surface area contributed by atoms with Crippen molar-refractivity contribution in [1.29, 1.82) is 0 Å². The molecular formula is C12H19NOS. The Morgan fingerprint density at radius 3 is 2.53 bits per heavy atom. The van der Waals surface area contributed by atoms with Crippen molar-refractivity contribution in [1.82, 2.24) is 4.90 Å². The molecule has 0 N–H and O–H groups in total. The van der Waals surface area contributed by atoms with E-state index in [2.05, 4.69) is 16.7 Å². The molecule has 3 saturated heterocycles. The third kappa shape index (κ3) is 1.96. The van der Waals surface area contributed by atoms with E-state index in [4.69, 9.17) is 0 Å². The van der Waals surface area contributed by atoms with Crippen molar-refractivity contribution in [3.8, 4) is 0 Å². The highest BCUT2D eigenvalue weighted by atomic mass is 32.2. The maximum absolute atomic E-state index is 11.5. The van der Waals surface area contributed by atoms with Crippen LogP contribution in [0.1, 0.15) is 32.1 Å². The fraction of sp³-hybridized carbons (Fsp3) is 0.917. The van der Waals surface area contributed by atoms with Gasteiger partial charge < -0.3 is 0 Å². The molecule has 2 nitrogen and oxygen atoms in total. The molecule has 0 amide bonds. The van der Waals surface area contributed by atoms with Gasteiger partial charge in [-0.25, -0.2) is 0 Å².